The molecule has 2 aromatic heterocycles. The summed E-state index contributed by atoms with van der Waals surface area (Å²) in [5.41, 5.74) is 17.8. The zero-order chi connectivity index (χ0) is 57.3. The summed E-state index contributed by atoms with van der Waals surface area (Å²) in [7, 11) is 0. The largest absolute Gasteiger partial charge is 0.454 e. The van der Waals surface area contributed by atoms with Gasteiger partial charge in [-0.25, -0.2) is 0 Å². The summed E-state index contributed by atoms with van der Waals surface area (Å²) in [6.07, 6.45) is 12.7. The molecule has 0 spiro atoms. The Hall–Kier alpha value is -8.60. The van der Waals surface area contributed by atoms with Gasteiger partial charge < -0.3 is 18.6 Å². The van der Waals surface area contributed by atoms with E-state index in [2.05, 4.69) is 258 Å². The molecule has 0 N–H and O–H groups in total. The van der Waals surface area contributed by atoms with E-state index in [9.17, 15) is 0 Å². The first-order valence-corrected chi connectivity index (χ1v) is 31.6. The van der Waals surface area contributed by atoms with Crippen molar-refractivity contribution in [1.29, 1.82) is 0 Å². The Morgan fingerprint density at radius 1 is 0.353 bits per heavy atom. The summed E-state index contributed by atoms with van der Waals surface area (Å²) in [4.78, 5) is 4.86. The molecule has 0 amide bonds. The SMILES string of the molecule is CC(C)(C)C1(C(C)(C)C)c2cc3cc(N(c4ccccc4)c4cccc5c4oc4c(C6CCCCC6)cccc45)ccc3cc2-c2c1c1ccc(N(c3ccccc3)c3cccc4c3oc3c(C5CCCCC5)cccc34)cc1c1ccccc21. The molecule has 420 valence electrons. The molecule has 0 atom stereocenters. The molecular formula is C81H74N2O2. The minimum atomic E-state index is -0.428. The van der Waals surface area contributed by atoms with Gasteiger partial charge in [0.2, 0.25) is 0 Å². The molecule has 13 aromatic rings. The molecule has 4 heteroatoms. The van der Waals surface area contributed by atoms with E-state index in [1.165, 1.54) is 141 Å². The average Bonchev–Trinajstić information content (AvgIpc) is 1.54. The standard InChI is InChI=1S/C81H74N2O2/c1-79(2,3)81(80(4,5)6)70-49-54-47-57(82(55-29-15-9-16-30-55)71-41-23-39-66-64-37-21-35-59(75(64)84-77(66)71)51-25-11-7-12-26-51)44-43-53(54)48-69(70)73-62-34-20-19-33-61(62)68-50-58(45-46-63(68)74(73)81)83(56-31-17-10-18-32-56)72-42-24-40-67-65-38-22-36-60(76(65)85-78(67)72)52-27-13-8-14-28-52/h9-10,15-24,29-52H,7-8,11-14,25-28H2,1-6H3. The quantitative estimate of drug-likeness (QED) is 0.142. The fourth-order valence-electron chi connectivity index (χ4n) is 17.2. The van der Waals surface area contributed by atoms with Crippen molar-refractivity contribution in [2.24, 2.45) is 10.8 Å². The molecule has 11 aromatic carbocycles. The fraction of sp³-hybridized carbons (Fsp3) is 0.259. The number of hydrogen-bond donors (Lipinski definition) is 0. The Morgan fingerprint density at radius 3 is 1.34 bits per heavy atom. The van der Waals surface area contributed by atoms with Crippen molar-refractivity contribution in [3.8, 4) is 11.1 Å². The number of benzene rings is 11. The van der Waals surface area contributed by atoms with Crippen molar-refractivity contribution >= 4 is 110 Å². The summed E-state index contributed by atoms with van der Waals surface area (Å²) >= 11 is 0. The van der Waals surface area contributed by atoms with Crippen molar-refractivity contribution in [3.05, 3.63) is 229 Å². The molecule has 16 rings (SSSR count). The lowest BCUT2D eigenvalue weighted by Crippen LogP contribution is -2.50. The highest BCUT2D eigenvalue weighted by molar-refractivity contribution is 6.21. The number of para-hydroxylation sites is 6. The number of fused-ring (bicyclic) bond motifs is 15. The van der Waals surface area contributed by atoms with Crippen molar-refractivity contribution in [3.63, 3.8) is 0 Å². The summed E-state index contributed by atoms with van der Waals surface area (Å²) < 4.78 is 14.5. The normalized spacial score (nSPS) is 15.9. The molecular weight excluding hydrogens is 1030 g/mol. The summed E-state index contributed by atoms with van der Waals surface area (Å²) in [5.74, 6) is 1.05. The van der Waals surface area contributed by atoms with E-state index < -0.39 is 5.41 Å². The number of furan rings is 2. The van der Waals surface area contributed by atoms with Gasteiger partial charge in [0, 0.05) is 49.7 Å². The number of rotatable bonds is 8. The minimum absolute atomic E-state index is 0.225. The van der Waals surface area contributed by atoms with Gasteiger partial charge in [0.1, 0.15) is 11.2 Å². The third-order valence-electron chi connectivity index (χ3n) is 20.5. The first-order chi connectivity index (χ1) is 41.5. The topological polar surface area (TPSA) is 32.8 Å². The Balaban J connectivity index is 0.893. The van der Waals surface area contributed by atoms with Crippen LogP contribution in [-0.2, 0) is 5.41 Å². The highest BCUT2D eigenvalue weighted by Crippen LogP contribution is 2.68. The fourth-order valence-corrected chi connectivity index (χ4v) is 17.2. The van der Waals surface area contributed by atoms with Crippen LogP contribution in [-0.4, -0.2) is 0 Å². The van der Waals surface area contributed by atoms with Gasteiger partial charge in [0.25, 0.3) is 0 Å². The first kappa shape index (κ1) is 52.0. The molecule has 2 fully saturated rings. The van der Waals surface area contributed by atoms with Gasteiger partial charge in [-0.15, -0.1) is 0 Å². The predicted octanol–water partition coefficient (Wildman–Crippen LogP) is 24.3. The van der Waals surface area contributed by atoms with Crippen LogP contribution in [0.4, 0.5) is 34.1 Å². The van der Waals surface area contributed by atoms with Crippen molar-refractivity contribution in [1.82, 2.24) is 0 Å². The van der Waals surface area contributed by atoms with Gasteiger partial charge in [-0.2, -0.15) is 0 Å². The van der Waals surface area contributed by atoms with Gasteiger partial charge in [0.15, 0.2) is 11.2 Å². The molecule has 0 saturated heterocycles. The zero-order valence-electron chi connectivity index (χ0n) is 50.1. The van der Waals surface area contributed by atoms with E-state index in [4.69, 9.17) is 8.83 Å². The van der Waals surface area contributed by atoms with Crippen LogP contribution in [0.15, 0.2) is 215 Å². The summed E-state index contributed by atoms with van der Waals surface area (Å²) in [6, 6.07) is 77.7. The van der Waals surface area contributed by atoms with Gasteiger partial charge in [0.05, 0.1) is 11.4 Å². The van der Waals surface area contributed by atoms with Gasteiger partial charge >= 0.3 is 0 Å². The van der Waals surface area contributed by atoms with E-state index in [0.29, 0.717) is 11.8 Å². The van der Waals surface area contributed by atoms with Crippen LogP contribution in [0.1, 0.15) is 140 Å². The van der Waals surface area contributed by atoms with E-state index in [1.54, 1.807) is 0 Å². The lowest BCUT2D eigenvalue weighted by molar-refractivity contribution is 0.0965. The first-order valence-electron chi connectivity index (χ1n) is 31.6. The van der Waals surface area contributed by atoms with Crippen molar-refractivity contribution in [2.75, 3.05) is 9.80 Å². The highest BCUT2D eigenvalue weighted by Gasteiger charge is 2.59. The van der Waals surface area contributed by atoms with Crippen LogP contribution in [0.2, 0.25) is 0 Å². The average molecular weight is 1110 g/mol. The monoisotopic (exact) mass is 1110 g/mol. The predicted molar refractivity (Wildman–Crippen MR) is 360 cm³/mol. The number of hydrogen-bond acceptors (Lipinski definition) is 4. The lowest BCUT2D eigenvalue weighted by atomic mass is 9.49. The summed E-state index contributed by atoms with van der Waals surface area (Å²) in [6.45, 7) is 14.9. The highest BCUT2D eigenvalue weighted by atomic mass is 16.3. The van der Waals surface area contributed by atoms with Gasteiger partial charge in [-0.3, -0.25) is 0 Å². The Bertz CT molecular complexity index is 4750. The molecule has 3 aliphatic carbocycles. The van der Waals surface area contributed by atoms with E-state index in [-0.39, 0.29) is 10.8 Å². The third kappa shape index (κ3) is 7.93. The molecule has 2 heterocycles. The molecule has 0 bridgehead atoms. The van der Waals surface area contributed by atoms with Gasteiger partial charge in [-0.05, 0) is 187 Å². The van der Waals surface area contributed by atoms with Crippen LogP contribution < -0.4 is 9.80 Å². The van der Waals surface area contributed by atoms with Crippen LogP contribution in [0.3, 0.4) is 0 Å². The lowest BCUT2D eigenvalue weighted by Gasteiger charge is -2.53. The number of nitrogens with zero attached hydrogens (tertiary/aromatic N) is 2. The molecule has 85 heavy (non-hydrogen) atoms. The smallest absolute Gasteiger partial charge is 0.159 e. The molecule has 0 unspecified atom stereocenters. The minimum Gasteiger partial charge on any atom is -0.454 e. The van der Waals surface area contributed by atoms with Crippen LogP contribution in [0.25, 0.3) is 87.3 Å². The van der Waals surface area contributed by atoms with Crippen LogP contribution >= 0.6 is 0 Å². The van der Waals surface area contributed by atoms with Gasteiger partial charge in [-0.1, -0.05) is 214 Å². The second-order valence-electron chi connectivity index (χ2n) is 27.2. The molecule has 0 aliphatic heterocycles. The Morgan fingerprint density at radius 2 is 0.812 bits per heavy atom. The number of anilines is 6. The molecule has 2 saturated carbocycles. The van der Waals surface area contributed by atoms with Crippen molar-refractivity contribution < 1.29 is 8.83 Å². The maximum Gasteiger partial charge on any atom is 0.159 e. The maximum absolute atomic E-state index is 7.25. The Kier molecular flexibility index (Phi) is 12.1. The molecule has 3 aliphatic rings. The van der Waals surface area contributed by atoms with E-state index in [1.807, 2.05) is 0 Å². The molecule has 0 radical (unpaired) electrons. The van der Waals surface area contributed by atoms with E-state index >= 15 is 0 Å². The Labute approximate surface area is 499 Å². The van der Waals surface area contributed by atoms with E-state index in [0.717, 1.165) is 67.2 Å². The maximum atomic E-state index is 7.25. The van der Waals surface area contributed by atoms with Crippen LogP contribution in [0, 0.1) is 10.8 Å². The zero-order valence-corrected chi connectivity index (χ0v) is 50.1. The second-order valence-corrected chi connectivity index (χ2v) is 27.2. The van der Waals surface area contributed by atoms with Crippen molar-refractivity contribution in [2.45, 2.75) is 123 Å². The molecule has 4 nitrogen and oxygen atoms in total. The summed E-state index contributed by atoms with van der Waals surface area (Å²) in [5, 5.41) is 12.3. The third-order valence-corrected chi connectivity index (χ3v) is 20.5. The second kappa shape index (κ2) is 19.7. The van der Waals surface area contributed by atoms with Crippen LogP contribution in [0.5, 0.6) is 0 Å².